The second kappa shape index (κ2) is 6.72. The highest BCUT2D eigenvalue weighted by Crippen LogP contribution is 2.32. The average molecular weight is 349 g/mol. The summed E-state index contributed by atoms with van der Waals surface area (Å²) in [5, 5.41) is 5.33. The van der Waals surface area contributed by atoms with E-state index in [2.05, 4.69) is 16.8 Å². The predicted octanol–water partition coefficient (Wildman–Crippen LogP) is 3.28. The Hall–Kier alpha value is -1.85. The number of nitrogens with zero attached hydrogens (tertiary/aromatic N) is 1. The van der Waals surface area contributed by atoms with Crippen molar-refractivity contribution in [2.75, 3.05) is 13.1 Å². The molecule has 6 heteroatoms. The maximum absolute atomic E-state index is 12.4. The van der Waals surface area contributed by atoms with E-state index in [1.54, 1.807) is 35.6 Å². The van der Waals surface area contributed by atoms with Gasteiger partial charge in [0, 0.05) is 22.0 Å². The van der Waals surface area contributed by atoms with E-state index < -0.39 is 0 Å². The number of rotatable bonds is 3. The molecule has 0 spiro atoms. The van der Waals surface area contributed by atoms with E-state index >= 15 is 0 Å². The van der Waals surface area contributed by atoms with Gasteiger partial charge >= 0.3 is 0 Å². The van der Waals surface area contributed by atoms with Gasteiger partial charge in [0.2, 0.25) is 5.91 Å². The Bertz CT molecular complexity index is 726. The van der Waals surface area contributed by atoms with E-state index in [1.807, 2.05) is 11.8 Å². The van der Waals surface area contributed by atoms with E-state index in [1.165, 1.54) is 10.4 Å². The number of benzene rings is 1. The van der Waals surface area contributed by atoms with E-state index in [0.717, 1.165) is 6.42 Å². The number of hydrogen-bond donors (Lipinski definition) is 1. The Balaban J connectivity index is 1.59. The molecule has 1 atom stereocenters. The Labute approximate surface area is 144 Å². The van der Waals surface area contributed by atoms with Crippen LogP contribution in [0.3, 0.4) is 0 Å². The number of carbonyl (C=O) groups is 2. The van der Waals surface area contributed by atoms with Gasteiger partial charge in [0.1, 0.15) is 0 Å². The van der Waals surface area contributed by atoms with Crippen LogP contribution in [0.15, 0.2) is 35.7 Å². The van der Waals surface area contributed by atoms with Crippen molar-refractivity contribution in [2.24, 2.45) is 0 Å². The minimum Gasteiger partial charge on any atom is -0.343 e. The molecule has 1 aliphatic heterocycles. The van der Waals surface area contributed by atoms with Crippen LogP contribution < -0.4 is 5.32 Å². The number of amides is 2. The Kier molecular flexibility index (Phi) is 4.68. The molecule has 0 radical (unpaired) electrons. The second-order valence-electron chi connectivity index (χ2n) is 5.50. The van der Waals surface area contributed by atoms with Crippen LogP contribution in [0.1, 0.15) is 33.8 Å². The number of carbonyl (C=O) groups excluding carboxylic acids is 2. The Morgan fingerprint density at radius 1 is 1.30 bits per heavy atom. The van der Waals surface area contributed by atoms with Crippen LogP contribution in [0.2, 0.25) is 5.02 Å². The van der Waals surface area contributed by atoms with Gasteiger partial charge in [-0.1, -0.05) is 11.6 Å². The molecule has 0 saturated carbocycles. The van der Waals surface area contributed by atoms with Gasteiger partial charge in [0.15, 0.2) is 0 Å². The maximum Gasteiger partial charge on any atom is 0.251 e. The molecule has 1 aromatic heterocycles. The molecule has 0 bridgehead atoms. The first-order valence-corrected chi connectivity index (χ1v) is 8.71. The lowest BCUT2D eigenvalue weighted by Gasteiger charge is -2.33. The molecule has 2 aromatic rings. The summed E-state index contributed by atoms with van der Waals surface area (Å²) in [5.74, 6) is -0.326. The van der Waals surface area contributed by atoms with Crippen LogP contribution in [-0.2, 0) is 11.2 Å². The fraction of sp³-hybridized carbons (Fsp3) is 0.294. The van der Waals surface area contributed by atoms with Gasteiger partial charge in [-0.05, 0) is 54.6 Å². The molecule has 0 saturated heterocycles. The molecule has 120 valence electrons. The lowest BCUT2D eigenvalue weighted by Crippen LogP contribution is -2.44. The van der Waals surface area contributed by atoms with Crippen molar-refractivity contribution in [3.8, 4) is 0 Å². The van der Waals surface area contributed by atoms with Gasteiger partial charge in [-0.15, -0.1) is 11.3 Å². The van der Waals surface area contributed by atoms with Crippen LogP contribution in [0.5, 0.6) is 0 Å². The summed E-state index contributed by atoms with van der Waals surface area (Å²) in [6.07, 6.45) is 0.883. The smallest absolute Gasteiger partial charge is 0.251 e. The monoisotopic (exact) mass is 348 g/mol. The average Bonchev–Trinajstić information content (AvgIpc) is 3.03. The van der Waals surface area contributed by atoms with Gasteiger partial charge in [0.25, 0.3) is 5.91 Å². The van der Waals surface area contributed by atoms with Crippen LogP contribution in [0.4, 0.5) is 0 Å². The van der Waals surface area contributed by atoms with Crippen molar-refractivity contribution in [1.29, 1.82) is 0 Å². The fourth-order valence-electron chi connectivity index (χ4n) is 2.81. The highest BCUT2D eigenvalue weighted by atomic mass is 35.5. The zero-order valence-electron chi connectivity index (χ0n) is 12.7. The molecule has 1 unspecified atom stereocenters. The summed E-state index contributed by atoms with van der Waals surface area (Å²) >= 11 is 7.54. The maximum atomic E-state index is 12.4. The Morgan fingerprint density at radius 3 is 2.78 bits per heavy atom. The number of halogens is 1. The van der Waals surface area contributed by atoms with Crippen LogP contribution in [0, 0.1) is 0 Å². The summed E-state index contributed by atoms with van der Waals surface area (Å²) in [5.41, 5.74) is 1.72. The summed E-state index contributed by atoms with van der Waals surface area (Å²) in [6, 6.07) is 8.74. The molecule has 2 amide bonds. The van der Waals surface area contributed by atoms with Gasteiger partial charge < -0.3 is 10.2 Å². The highest BCUT2D eigenvalue weighted by Gasteiger charge is 2.28. The molecule has 23 heavy (non-hydrogen) atoms. The summed E-state index contributed by atoms with van der Waals surface area (Å²) in [6.45, 7) is 2.74. The molecule has 4 nitrogen and oxygen atoms in total. The van der Waals surface area contributed by atoms with Crippen molar-refractivity contribution >= 4 is 34.8 Å². The standard InChI is InChI=1S/C17H17ClN2O2S/c1-11-14-7-9-23-15(14)6-8-20(11)16(21)10-19-17(22)12-2-4-13(18)5-3-12/h2-5,7,9,11H,6,8,10H2,1H3,(H,19,22). The first-order valence-electron chi connectivity index (χ1n) is 7.46. The number of nitrogens with one attached hydrogen (secondary N) is 1. The SMILES string of the molecule is CC1c2ccsc2CCN1C(=O)CNC(=O)c1ccc(Cl)cc1. The minimum absolute atomic E-state index is 0.00523. The van der Waals surface area contributed by atoms with Gasteiger partial charge in [0.05, 0.1) is 12.6 Å². The highest BCUT2D eigenvalue weighted by molar-refractivity contribution is 7.10. The molecule has 1 N–H and O–H groups in total. The molecule has 3 rings (SSSR count). The van der Waals surface area contributed by atoms with Crippen molar-refractivity contribution < 1.29 is 9.59 Å². The van der Waals surface area contributed by atoms with E-state index in [4.69, 9.17) is 11.6 Å². The van der Waals surface area contributed by atoms with Crippen molar-refractivity contribution in [2.45, 2.75) is 19.4 Å². The predicted molar refractivity (Wildman–Crippen MR) is 91.9 cm³/mol. The fourth-order valence-corrected chi connectivity index (χ4v) is 3.90. The van der Waals surface area contributed by atoms with Gasteiger partial charge in [-0.2, -0.15) is 0 Å². The second-order valence-corrected chi connectivity index (χ2v) is 6.94. The summed E-state index contributed by atoms with van der Waals surface area (Å²) < 4.78 is 0. The zero-order valence-corrected chi connectivity index (χ0v) is 14.3. The third-order valence-corrected chi connectivity index (χ3v) is 5.35. The largest absolute Gasteiger partial charge is 0.343 e. The third kappa shape index (κ3) is 3.41. The van der Waals surface area contributed by atoms with E-state index in [9.17, 15) is 9.59 Å². The van der Waals surface area contributed by atoms with E-state index in [-0.39, 0.29) is 24.4 Å². The van der Waals surface area contributed by atoms with Gasteiger partial charge in [-0.25, -0.2) is 0 Å². The molecular formula is C17H17ClN2O2S. The van der Waals surface area contributed by atoms with Crippen LogP contribution >= 0.6 is 22.9 Å². The number of thiophene rings is 1. The van der Waals surface area contributed by atoms with E-state index in [0.29, 0.717) is 17.1 Å². The van der Waals surface area contributed by atoms with Crippen molar-refractivity contribution in [1.82, 2.24) is 10.2 Å². The normalized spacial score (nSPS) is 16.8. The first kappa shape index (κ1) is 16.0. The lowest BCUT2D eigenvalue weighted by atomic mass is 10.0. The molecule has 1 aliphatic rings. The van der Waals surface area contributed by atoms with Crippen LogP contribution in [-0.4, -0.2) is 29.8 Å². The molecule has 1 aromatic carbocycles. The lowest BCUT2D eigenvalue weighted by molar-refractivity contribution is -0.132. The topological polar surface area (TPSA) is 49.4 Å². The zero-order chi connectivity index (χ0) is 16.4. The first-order chi connectivity index (χ1) is 11.1. The Morgan fingerprint density at radius 2 is 2.04 bits per heavy atom. The number of fused-ring (bicyclic) bond motifs is 1. The summed E-state index contributed by atoms with van der Waals surface area (Å²) in [7, 11) is 0. The van der Waals surface area contributed by atoms with Gasteiger partial charge in [-0.3, -0.25) is 9.59 Å². The van der Waals surface area contributed by atoms with Crippen molar-refractivity contribution in [3.05, 3.63) is 56.7 Å². The number of hydrogen-bond acceptors (Lipinski definition) is 3. The van der Waals surface area contributed by atoms with Crippen LogP contribution in [0.25, 0.3) is 0 Å². The third-order valence-electron chi connectivity index (χ3n) is 4.10. The molecule has 0 aliphatic carbocycles. The molecule has 2 heterocycles. The molecular weight excluding hydrogens is 332 g/mol. The van der Waals surface area contributed by atoms with Crippen molar-refractivity contribution in [3.63, 3.8) is 0 Å². The minimum atomic E-state index is -0.268. The quantitative estimate of drug-likeness (QED) is 0.925. The summed E-state index contributed by atoms with van der Waals surface area (Å²) in [4.78, 5) is 27.7. The molecule has 0 fully saturated rings.